The molecule has 4 nitrogen and oxygen atoms in total. The molecule has 0 bridgehead atoms. The van der Waals surface area contributed by atoms with Gasteiger partial charge in [-0.1, -0.05) is 27.7 Å². The Hall–Kier alpha value is -1.06. The molecule has 2 aliphatic rings. The summed E-state index contributed by atoms with van der Waals surface area (Å²) in [5.41, 5.74) is 0.377. The van der Waals surface area contributed by atoms with Gasteiger partial charge >= 0.3 is 0 Å². The lowest BCUT2D eigenvalue weighted by atomic mass is 9.71. The molecule has 0 aliphatic carbocycles. The molecule has 0 radical (unpaired) electrons. The minimum Gasteiger partial charge on any atom is -0.342 e. The Morgan fingerprint density at radius 3 is 1.24 bits per heavy atom. The van der Waals surface area contributed by atoms with Gasteiger partial charge in [-0.25, -0.2) is 0 Å². The summed E-state index contributed by atoms with van der Waals surface area (Å²) in [5, 5.41) is 0. The summed E-state index contributed by atoms with van der Waals surface area (Å²) in [6, 6.07) is 0. The molecule has 2 saturated heterocycles. The first-order chi connectivity index (χ1) is 9.84. The van der Waals surface area contributed by atoms with Gasteiger partial charge in [-0.15, -0.1) is 0 Å². The van der Waals surface area contributed by atoms with Crippen molar-refractivity contribution >= 4 is 11.8 Å². The lowest BCUT2D eigenvalue weighted by Crippen LogP contribution is -2.50. The third kappa shape index (κ3) is 3.58. The predicted molar refractivity (Wildman–Crippen MR) is 83.7 cm³/mol. The molecule has 21 heavy (non-hydrogen) atoms. The van der Waals surface area contributed by atoms with E-state index in [0.29, 0.717) is 5.41 Å². The van der Waals surface area contributed by atoms with Crippen LogP contribution in [0, 0.1) is 17.3 Å². The number of hydrogen-bond acceptors (Lipinski definition) is 2. The molecule has 0 aromatic carbocycles. The summed E-state index contributed by atoms with van der Waals surface area (Å²) >= 11 is 0. The summed E-state index contributed by atoms with van der Waals surface area (Å²) in [7, 11) is 0. The average Bonchev–Trinajstić information content (AvgIpc) is 2.47. The average molecular weight is 294 g/mol. The van der Waals surface area contributed by atoms with E-state index < -0.39 is 0 Å². The van der Waals surface area contributed by atoms with E-state index in [9.17, 15) is 9.59 Å². The molecule has 1 spiro atoms. The Morgan fingerprint density at radius 1 is 0.714 bits per heavy atom. The SMILES string of the molecule is CC(C)C(=O)N1CCC2(CC1)CCN(C(=O)C(C)C)CC2. The molecule has 0 unspecified atom stereocenters. The number of piperidine rings is 2. The highest BCUT2D eigenvalue weighted by atomic mass is 16.2. The quantitative estimate of drug-likeness (QED) is 0.785. The first-order valence-electron chi connectivity index (χ1n) is 8.42. The van der Waals surface area contributed by atoms with E-state index in [2.05, 4.69) is 0 Å². The molecular formula is C17H30N2O2. The zero-order valence-corrected chi connectivity index (χ0v) is 14.0. The number of amides is 2. The van der Waals surface area contributed by atoms with Crippen LogP contribution in [0.1, 0.15) is 53.4 Å². The highest BCUT2D eigenvalue weighted by Gasteiger charge is 2.39. The van der Waals surface area contributed by atoms with Crippen LogP contribution in [-0.2, 0) is 9.59 Å². The summed E-state index contributed by atoms with van der Waals surface area (Å²) in [6.07, 6.45) is 4.43. The van der Waals surface area contributed by atoms with E-state index in [0.717, 1.165) is 51.9 Å². The number of hydrogen-bond donors (Lipinski definition) is 0. The second-order valence-corrected chi connectivity index (χ2v) is 7.46. The van der Waals surface area contributed by atoms with Crippen molar-refractivity contribution in [3.05, 3.63) is 0 Å². The van der Waals surface area contributed by atoms with Crippen LogP contribution in [0.25, 0.3) is 0 Å². The number of rotatable bonds is 2. The van der Waals surface area contributed by atoms with Crippen LogP contribution >= 0.6 is 0 Å². The molecule has 4 heteroatoms. The van der Waals surface area contributed by atoms with Gasteiger partial charge in [0.15, 0.2) is 0 Å². The normalized spacial score (nSPS) is 22.2. The van der Waals surface area contributed by atoms with Gasteiger partial charge in [-0.2, -0.15) is 0 Å². The molecule has 2 fully saturated rings. The molecule has 0 saturated carbocycles. The topological polar surface area (TPSA) is 40.6 Å². The standard InChI is InChI=1S/C17H30N2O2/c1-13(2)15(20)18-9-5-17(6-10-18)7-11-19(12-8-17)16(21)14(3)4/h13-14H,5-12H2,1-4H3. The predicted octanol–water partition coefficient (Wildman–Crippen LogP) is 2.53. The lowest BCUT2D eigenvalue weighted by molar-refractivity contribution is -0.139. The van der Waals surface area contributed by atoms with Crippen molar-refractivity contribution in [2.75, 3.05) is 26.2 Å². The molecule has 120 valence electrons. The van der Waals surface area contributed by atoms with Crippen molar-refractivity contribution in [1.29, 1.82) is 0 Å². The van der Waals surface area contributed by atoms with E-state index in [-0.39, 0.29) is 23.7 Å². The number of carbonyl (C=O) groups excluding carboxylic acids is 2. The Balaban J connectivity index is 1.86. The largest absolute Gasteiger partial charge is 0.342 e. The van der Waals surface area contributed by atoms with Crippen LogP contribution in [0.4, 0.5) is 0 Å². The smallest absolute Gasteiger partial charge is 0.225 e. The van der Waals surface area contributed by atoms with E-state index >= 15 is 0 Å². The highest BCUT2D eigenvalue weighted by Crippen LogP contribution is 2.41. The van der Waals surface area contributed by atoms with Crippen molar-refractivity contribution in [2.45, 2.75) is 53.4 Å². The summed E-state index contributed by atoms with van der Waals surface area (Å²) in [6.45, 7) is 11.5. The number of likely N-dealkylation sites (tertiary alicyclic amines) is 2. The Morgan fingerprint density at radius 2 is 1.00 bits per heavy atom. The Labute approximate surface area is 128 Å². The first kappa shape index (κ1) is 16.3. The molecule has 0 N–H and O–H groups in total. The van der Waals surface area contributed by atoms with Gasteiger partial charge in [0.1, 0.15) is 0 Å². The molecule has 2 aliphatic heterocycles. The van der Waals surface area contributed by atoms with Gasteiger partial charge in [0, 0.05) is 38.0 Å². The molecule has 0 aromatic heterocycles. The van der Waals surface area contributed by atoms with Crippen molar-refractivity contribution in [3.8, 4) is 0 Å². The molecule has 2 rings (SSSR count). The fourth-order valence-corrected chi connectivity index (χ4v) is 3.63. The molecule has 2 heterocycles. The second-order valence-electron chi connectivity index (χ2n) is 7.46. The summed E-state index contributed by atoms with van der Waals surface area (Å²) in [4.78, 5) is 28.2. The van der Waals surface area contributed by atoms with Crippen LogP contribution in [0.2, 0.25) is 0 Å². The third-order valence-electron chi connectivity index (χ3n) is 5.26. The highest BCUT2D eigenvalue weighted by molar-refractivity contribution is 5.78. The molecular weight excluding hydrogens is 264 g/mol. The van der Waals surface area contributed by atoms with Crippen molar-refractivity contribution in [1.82, 2.24) is 9.80 Å². The molecule has 2 amide bonds. The maximum Gasteiger partial charge on any atom is 0.225 e. The van der Waals surface area contributed by atoms with Gasteiger partial charge < -0.3 is 9.80 Å². The minimum atomic E-state index is 0.101. The van der Waals surface area contributed by atoms with Gasteiger partial charge in [0.2, 0.25) is 11.8 Å². The van der Waals surface area contributed by atoms with Crippen molar-refractivity contribution in [2.24, 2.45) is 17.3 Å². The monoisotopic (exact) mass is 294 g/mol. The summed E-state index contributed by atoms with van der Waals surface area (Å²) in [5.74, 6) is 0.781. The minimum absolute atomic E-state index is 0.101. The zero-order chi connectivity index (χ0) is 15.6. The van der Waals surface area contributed by atoms with Gasteiger partial charge in [0.05, 0.1) is 0 Å². The first-order valence-corrected chi connectivity index (χ1v) is 8.42. The van der Waals surface area contributed by atoms with E-state index in [1.54, 1.807) is 0 Å². The van der Waals surface area contributed by atoms with Crippen LogP contribution < -0.4 is 0 Å². The van der Waals surface area contributed by atoms with Crippen LogP contribution in [-0.4, -0.2) is 47.8 Å². The van der Waals surface area contributed by atoms with Crippen LogP contribution in [0.15, 0.2) is 0 Å². The van der Waals surface area contributed by atoms with Gasteiger partial charge in [-0.3, -0.25) is 9.59 Å². The third-order valence-corrected chi connectivity index (χ3v) is 5.26. The second kappa shape index (κ2) is 6.37. The Kier molecular flexibility index (Phi) is 4.95. The van der Waals surface area contributed by atoms with Crippen molar-refractivity contribution < 1.29 is 9.59 Å². The fraction of sp³-hybridized carbons (Fsp3) is 0.882. The number of nitrogens with zero attached hydrogens (tertiary/aromatic N) is 2. The van der Waals surface area contributed by atoms with Crippen LogP contribution in [0.5, 0.6) is 0 Å². The Bertz CT molecular complexity index is 346. The van der Waals surface area contributed by atoms with Gasteiger partial charge in [0.25, 0.3) is 0 Å². The molecule has 0 atom stereocenters. The van der Waals surface area contributed by atoms with Crippen LogP contribution in [0.3, 0.4) is 0 Å². The summed E-state index contributed by atoms with van der Waals surface area (Å²) < 4.78 is 0. The van der Waals surface area contributed by atoms with E-state index in [4.69, 9.17) is 0 Å². The zero-order valence-electron chi connectivity index (χ0n) is 14.0. The lowest BCUT2D eigenvalue weighted by Gasteiger charge is -2.47. The van der Waals surface area contributed by atoms with Crippen molar-refractivity contribution in [3.63, 3.8) is 0 Å². The van der Waals surface area contributed by atoms with E-state index in [1.807, 2.05) is 37.5 Å². The molecule has 0 aromatic rings. The van der Waals surface area contributed by atoms with Gasteiger partial charge in [-0.05, 0) is 31.1 Å². The maximum absolute atomic E-state index is 12.1. The van der Waals surface area contributed by atoms with E-state index in [1.165, 1.54) is 0 Å². The fourth-order valence-electron chi connectivity index (χ4n) is 3.63. The number of carbonyl (C=O) groups is 2. The maximum atomic E-state index is 12.1.